The molecule has 0 saturated carbocycles. The average molecular weight is 383 g/mol. The molecule has 0 atom stereocenters. The number of hydrogen-bond donors (Lipinski definition) is 1. The summed E-state index contributed by atoms with van der Waals surface area (Å²) >= 11 is 0. The van der Waals surface area contributed by atoms with Gasteiger partial charge in [0.05, 0.1) is 16.9 Å². The third-order valence-corrected chi connectivity index (χ3v) is 4.25. The predicted octanol–water partition coefficient (Wildman–Crippen LogP) is 2.32. The maximum absolute atomic E-state index is 13.1. The molecule has 28 heavy (non-hydrogen) atoms. The van der Waals surface area contributed by atoms with Crippen molar-refractivity contribution in [1.82, 2.24) is 9.13 Å². The van der Waals surface area contributed by atoms with E-state index < -0.39 is 17.2 Å². The van der Waals surface area contributed by atoms with Gasteiger partial charge in [0, 0.05) is 25.8 Å². The van der Waals surface area contributed by atoms with Crippen LogP contribution < -0.4 is 16.6 Å². The number of anilines is 2. The minimum Gasteiger partial charge on any atom is -0.456 e. The van der Waals surface area contributed by atoms with E-state index in [-0.39, 0.29) is 23.7 Å². The molecule has 0 radical (unpaired) electrons. The molecule has 0 bridgehead atoms. The number of ether oxygens (including phenoxy) is 1. The second kappa shape index (κ2) is 7.91. The van der Waals surface area contributed by atoms with E-state index in [1.54, 1.807) is 36.4 Å². The van der Waals surface area contributed by atoms with Crippen LogP contribution in [0.15, 0.2) is 64.2 Å². The number of nitrogens with one attached hydrogen (secondary N) is 1. The number of para-hydroxylation sites is 1. The van der Waals surface area contributed by atoms with E-state index in [0.29, 0.717) is 11.4 Å². The average Bonchev–Trinajstić information content (AvgIpc) is 2.70. The van der Waals surface area contributed by atoms with Crippen molar-refractivity contribution in [1.29, 1.82) is 0 Å². The standard InChI is InChI=1S/C20H18FN3O4/c1-23-15(11-18(25)24(2)20(23)27)12-28-19(26)16-5-3-4-6-17(16)22-14-9-7-13(21)8-10-14/h3-11,22H,12H2,1-2H3. The van der Waals surface area contributed by atoms with Gasteiger partial charge in [0.25, 0.3) is 5.56 Å². The summed E-state index contributed by atoms with van der Waals surface area (Å²) < 4.78 is 20.6. The zero-order valence-electron chi connectivity index (χ0n) is 15.3. The van der Waals surface area contributed by atoms with Crippen LogP contribution in [0.5, 0.6) is 0 Å². The third kappa shape index (κ3) is 4.01. The normalized spacial score (nSPS) is 10.5. The van der Waals surface area contributed by atoms with Crippen molar-refractivity contribution in [3.05, 3.63) is 92.5 Å². The maximum Gasteiger partial charge on any atom is 0.340 e. The molecule has 1 heterocycles. The Kier molecular flexibility index (Phi) is 5.39. The van der Waals surface area contributed by atoms with Crippen molar-refractivity contribution in [3.8, 4) is 0 Å². The first-order valence-corrected chi connectivity index (χ1v) is 8.41. The van der Waals surface area contributed by atoms with Gasteiger partial charge in [-0.15, -0.1) is 0 Å². The van der Waals surface area contributed by atoms with Crippen LogP contribution >= 0.6 is 0 Å². The molecule has 0 unspecified atom stereocenters. The first-order chi connectivity index (χ1) is 13.4. The molecule has 144 valence electrons. The lowest BCUT2D eigenvalue weighted by atomic mass is 10.1. The number of nitrogens with zero attached hydrogens (tertiary/aromatic N) is 2. The van der Waals surface area contributed by atoms with Gasteiger partial charge >= 0.3 is 11.7 Å². The molecule has 0 amide bonds. The monoisotopic (exact) mass is 383 g/mol. The zero-order valence-corrected chi connectivity index (χ0v) is 15.3. The summed E-state index contributed by atoms with van der Waals surface area (Å²) in [6.45, 7) is -0.231. The molecule has 0 aliphatic heterocycles. The lowest BCUT2D eigenvalue weighted by Crippen LogP contribution is -2.38. The highest BCUT2D eigenvalue weighted by molar-refractivity contribution is 5.96. The van der Waals surface area contributed by atoms with Gasteiger partial charge in [0.2, 0.25) is 0 Å². The van der Waals surface area contributed by atoms with Gasteiger partial charge in [-0.25, -0.2) is 14.0 Å². The van der Waals surface area contributed by atoms with Crippen LogP contribution in [0.1, 0.15) is 16.1 Å². The fourth-order valence-electron chi connectivity index (χ4n) is 2.59. The lowest BCUT2D eigenvalue weighted by Gasteiger charge is -2.13. The molecular formula is C20H18FN3O4. The summed E-state index contributed by atoms with van der Waals surface area (Å²) in [6, 6.07) is 13.6. The summed E-state index contributed by atoms with van der Waals surface area (Å²) in [6.07, 6.45) is 0. The molecule has 1 aromatic heterocycles. The van der Waals surface area contributed by atoms with E-state index >= 15 is 0 Å². The van der Waals surface area contributed by atoms with Crippen LogP contribution in [0.2, 0.25) is 0 Å². The molecule has 1 N–H and O–H groups in total. The van der Waals surface area contributed by atoms with E-state index in [1.807, 2.05) is 0 Å². The number of carbonyl (C=O) groups excluding carboxylic acids is 1. The summed E-state index contributed by atoms with van der Waals surface area (Å²) in [5.74, 6) is -0.990. The van der Waals surface area contributed by atoms with E-state index in [0.717, 1.165) is 4.57 Å². The Bertz CT molecular complexity index is 1130. The van der Waals surface area contributed by atoms with Crippen LogP contribution in [0.25, 0.3) is 0 Å². The van der Waals surface area contributed by atoms with Crippen molar-refractivity contribution in [2.75, 3.05) is 5.32 Å². The molecule has 0 aliphatic carbocycles. The van der Waals surface area contributed by atoms with E-state index in [9.17, 15) is 18.8 Å². The highest BCUT2D eigenvalue weighted by Crippen LogP contribution is 2.22. The summed E-state index contributed by atoms with van der Waals surface area (Å²) in [5, 5.41) is 3.04. The summed E-state index contributed by atoms with van der Waals surface area (Å²) in [5.41, 5.74) is 0.656. The minimum atomic E-state index is -0.627. The van der Waals surface area contributed by atoms with Crippen molar-refractivity contribution in [2.24, 2.45) is 14.1 Å². The Morgan fingerprint density at radius 1 is 1.04 bits per heavy atom. The summed E-state index contributed by atoms with van der Waals surface area (Å²) in [7, 11) is 2.87. The van der Waals surface area contributed by atoms with Gasteiger partial charge in [0.1, 0.15) is 12.4 Å². The molecular weight excluding hydrogens is 365 g/mol. The second-order valence-corrected chi connectivity index (χ2v) is 6.13. The molecule has 0 aliphatic rings. The fraction of sp³-hybridized carbons (Fsp3) is 0.150. The molecule has 0 fully saturated rings. The van der Waals surface area contributed by atoms with Crippen LogP contribution in [0.3, 0.4) is 0 Å². The molecule has 0 saturated heterocycles. The number of halogens is 1. The first-order valence-electron chi connectivity index (χ1n) is 8.41. The van der Waals surface area contributed by atoms with Crippen LogP contribution in [-0.4, -0.2) is 15.1 Å². The van der Waals surface area contributed by atoms with Crippen LogP contribution in [0, 0.1) is 5.82 Å². The highest BCUT2D eigenvalue weighted by Gasteiger charge is 2.14. The predicted molar refractivity (Wildman–Crippen MR) is 102 cm³/mol. The van der Waals surface area contributed by atoms with Gasteiger partial charge in [-0.1, -0.05) is 12.1 Å². The Labute approximate surface area is 159 Å². The Hall–Kier alpha value is -3.68. The number of rotatable bonds is 5. The zero-order chi connectivity index (χ0) is 20.3. The maximum atomic E-state index is 13.1. The molecule has 0 spiro atoms. The van der Waals surface area contributed by atoms with E-state index in [1.165, 1.54) is 36.9 Å². The lowest BCUT2D eigenvalue weighted by molar-refractivity contribution is 0.0464. The van der Waals surface area contributed by atoms with Crippen molar-refractivity contribution >= 4 is 17.3 Å². The number of carbonyl (C=O) groups is 1. The van der Waals surface area contributed by atoms with Crippen LogP contribution in [-0.2, 0) is 25.4 Å². The van der Waals surface area contributed by atoms with Crippen LogP contribution in [0.4, 0.5) is 15.8 Å². The SMILES string of the molecule is Cn1c(COC(=O)c2ccccc2Nc2ccc(F)cc2)cc(=O)n(C)c1=O. The van der Waals surface area contributed by atoms with Gasteiger partial charge in [-0.3, -0.25) is 13.9 Å². The molecule has 3 aromatic rings. The Morgan fingerprint density at radius 2 is 1.71 bits per heavy atom. The van der Waals surface area contributed by atoms with E-state index in [4.69, 9.17) is 4.74 Å². The smallest absolute Gasteiger partial charge is 0.340 e. The summed E-state index contributed by atoms with van der Waals surface area (Å²) in [4.78, 5) is 36.3. The molecule has 3 rings (SSSR count). The Balaban J connectivity index is 1.79. The molecule has 7 nitrogen and oxygen atoms in total. The van der Waals surface area contributed by atoms with Gasteiger partial charge in [-0.2, -0.15) is 0 Å². The van der Waals surface area contributed by atoms with Crippen molar-refractivity contribution in [2.45, 2.75) is 6.61 Å². The van der Waals surface area contributed by atoms with Gasteiger partial charge in [0.15, 0.2) is 0 Å². The number of benzene rings is 2. The minimum absolute atomic E-state index is 0.231. The van der Waals surface area contributed by atoms with E-state index in [2.05, 4.69) is 5.32 Å². The quantitative estimate of drug-likeness (QED) is 0.684. The largest absolute Gasteiger partial charge is 0.456 e. The molecule has 8 heteroatoms. The number of esters is 1. The molecule has 2 aromatic carbocycles. The second-order valence-electron chi connectivity index (χ2n) is 6.13. The Morgan fingerprint density at radius 3 is 2.43 bits per heavy atom. The highest BCUT2D eigenvalue weighted by atomic mass is 19.1. The van der Waals surface area contributed by atoms with Crippen molar-refractivity contribution < 1.29 is 13.9 Å². The van der Waals surface area contributed by atoms with Gasteiger partial charge < -0.3 is 10.1 Å². The number of aromatic nitrogens is 2. The third-order valence-electron chi connectivity index (χ3n) is 4.25. The fourth-order valence-corrected chi connectivity index (χ4v) is 2.59. The topological polar surface area (TPSA) is 82.3 Å². The first kappa shape index (κ1) is 19.1. The van der Waals surface area contributed by atoms with Crippen molar-refractivity contribution in [3.63, 3.8) is 0 Å². The van der Waals surface area contributed by atoms with Gasteiger partial charge in [-0.05, 0) is 36.4 Å². The number of hydrogen-bond acceptors (Lipinski definition) is 5.